The van der Waals surface area contributed by atoms with Crippen molar-refractivity contribution in [2.75, 3.05) is 5.32 Å². The van der Waals surface area contributed by atoms with Gasteiger partial charge in [-0.25, -0.2) is 4.98 Å². The summed E-state index contributed by atoms with van der Waals surface area (Å²) in [6.45, 7) is 3.65. The zero-order valence-corrected chi connectivity index (χ0v) is 18.2. The predicted octanol–water partition coefficient (Wildman–Crippen LogP) is 4.96. The van der Waals surface area contributed by atoms with Gasteiger partial charge in [-0.05, 0) is 42.3 Å². The normalized spacial score (nSPS) is 11.8. The van der Waals surface area contributed by atoms with Crippen LogP contribution in [-0.2, 0) is 16.0 Å². The van der Waals surface area contributed by atoms with E-state index in [2.05, 4.69) is 15.6 Å². The summed E-state index contributed by atoms with van der Waals surface area (Å²) in [5, 5.41) is 10.8. The van der Waals surface area contributed by atoms with Crippen molar-refractivity contribution in [3.05, 3.63) is 82.7 Å². The SMILES string of the molecule is Cc1nc(-c2cccc(NC(=O)[C@H](C)NC(=O)Cc3cccc4ccccc34)c2)cs1. The van der Waals surface area contributed by atoms with Crippen LogP contribution < -0.4 is 10.6 Å². The Bertz CT molecular complexity index is 1240. The topological polar surface area (TPSA) is 71.1 Å². The molecule has 0 saturated heterocycles. The predicted molar refractivity (Wildman–Crippen MR) is 126 cm³/mol. The molecule has 156 valence electrons. The fourth-order valence-corrected chi connectivity index (χ4v) is 4.10. The average Bonchev–Trinajstić information content (AvgIpc) is 3.20. The fourth-order valence-electron chi connectivity index (χ4n) is 3.48. The van der Waals surface area contributed by atoms with Gasteiger partial charge in [0, 0.05) is 16.6 Å². The molecule has 0 saturated carbocycles. The molecule has 0 unspecified atom stereocenters. The summed E-state index contributed by atoms with van der Waals surface area (Å²) in [5.74, 6) is -0.455. The smallest absolute Gasteiger partial charge is 0.246 e. The number of amides is 2. The number of hydrogen-bond donors (Lipinski definition) is 2. The van der Waals surface area contributed by atoms with E-state index in [1.165, 1.54) is 0 Å². The summed E-state index contributed by atoms with van der Waals surface area (Å²) in [6.07, 6.45) is 0.220. The van der Waals surface area contributed by atoms with E-state index in [9.17, 15) is 9.59 Å². The zero-order chi connectivity index (χ0) is 21.8. The third-order valence-electron chi connectivity index (χ3n) is 5.05. The maximum Gasteiger partial charge on any atom is 0.246 e. The Morgan fingerprint density at radius 3 is 2.61 bits per heavy atom. The second kappa shape index (κ2) is 9.10. The van der Waals surface area contributed by atoms with Crippen molar-refractivity contribution in [2.45, 2.75) is 26.3 Å². The van der Waals surface area contributed by atoms with Crippen molar-refractivity contribution in [2.24, 2.45) is 0 Å². The van der Waals surface area contributed by atoms with Gasteiger partial charge in [0.05, 0.1) is 17.1 Å². The summed E-state index contributed by atoms with van der Waals surface area (Å²) in [7, 11) is 0. The lowest BCUT2D eigenvalue weighted by Gasteiger charge is -2.15. The molecule has 0 fully saturated rings. The molecule has 0 radical (unpaired) electrons. The highest BCUT2D eigenvalue weighted by atomic mass is 32.1. The Labute approximate surface area is 185 Å². The number of hydrogen-bond acceptors (Lipinski definition) is 4. The molecule has 1 aromatic heterocycles. The van der Waals surface area contributed by atoms with E-state index in [1.807, 2.05) is 79.0 Å². The molecule has 2 N–H and O–H groups in total. The minimum atomic E-state index is -0.660. The van der Waals surface area contributed by atoms with Gasteiger partial charge in [0.2, 0.25) is 11.8 Å². The Morgan fingerprint density at radius 2 is 1.81 bits per heavy atom. The highest BCUT2D eigenvalue weighted by Crippen LogP contribution is 2.24. The number of carbonyl (C=O) groups excluding carboxylic acids is 2. The average molecular weight is 430 g/mol. The van der Waals surface area contributed by atoms with E-state index in [0.717, 1.165) is 32.6 Å². The molecule has 6 heteroatoms. The third kappa shape index (κ3) is 4.98. The number of nitrogens with one attached hydrogen (secondary N) is 2. The van der Waals surface area contributed by atoms with Crippen LogP contribution in [0.2, 0.25) is 0 Å². The Balaban J connectivity index is 1.39. The number of nitrogens with zero attached hydrogens (tertiary/aromatic N) is 1. The number of anilines is 1. The molecule has 5 nitrogen and oxygen atoms in total. The quantitative estimate of drug-likeness (QED) is 0.455. The number of benzene rings is 3. The van der Waals surface area contributed by atoms with Gasteiger partial charge >= 0.3 is 0 Å². The second-order valence-corrected chi connectivity index (χ2v) is 8.49. The van der Waals surface area contributed by atoms with Crippen LogP contribution in [0.4, 0.5) is 5.69 Å². The van der Waals surface area contributed by atoms with Crippen molar-refractivity contribution in [1.82, 2.24) is 10.3 Å². The van der Waals surface area contributed by atoms with Crippen molar-refractivity contribution in [3.63, 3.8) is 0 Å². The highest BCUT2D eigenvalue weighted by Gasteiger charge is 2.17. The van der Waals surface area contributed by atoms with Crippen molar-refractivity contribution in [1.29, 1.82) is 0 Å². The van der Waals surface area contributed by atoms with Crippen LogP contribution in [0.5, 0.6) is 0 Å². The number of carbonyl (C=O) groups is 2. The lowest BCUT2D eigenvalue weighted by atomic mass is 10.0. The van der Waals surface area contributed by atoms with Gasteiger partial charge < -0.3 is 10.6 Å². The first-order chi connectivity index (χ1) is 15.0. The van der Waals surface area contributed by atoms with Crippen LogP contribution in [0.3, 0.4) is 0 Å². The van der Waals surface area contributed by atoms with Crippen LogP contribution in [0.1, 0.15) is 17.5 Å². The monoisotopic (exact) mass is 429 g/mol. The Kier molecular flexibility index (Phi) is 6.09. The second-order valence-electron chi connectivity index (χ2n) is 7.43. The van der Waals surface area contributed by atoms with Gasteiger partial charge in [-0.2, -0.15) is 0 Å². The van der Waals surface area contributed by atoms with E-state index >= 15 is 0 Å². The molecular weight excluding hydrogens is 406 g/mol. The minimum absolute atomic E-state index is 0.189. The largest absolute Gasteiger partial charge is 0.344 e. The van der Waals surface area contributed by atoms with Crippen LogP contribution in [-0.4, -0.2) is 22.8 Å². The van der Waals surface area contributed by atoms with Crippen molar-refractivity contribution < 1.29 is 9.59 Å². The van der Waals surface area contributed by atoms with Crippen LogP contribution in [0, 0.1) is 6.92 Å². The molecule has 0 aliphatic heterocycles. The van der Waals surface area contributed by atoms with Crippen LogP contribution in [0.25, 0.3) is 22.0 Å². The lowest BCUT2D eigenvalue weighted by molar-refractivity contribution is -0.125. The number of aromatic nitrogens is 1. The van der Waals surface area contributed by atoms with Gasteiger partial charge in [-0.3, -0.25) is 9.59 Å². The standard InChI is InChI=1S/C25H23N3O2S/c1-16(26-24(29)14-19-9-5-8-18-7-3-4-12-22(18)19)25(30)28-21-11-6-10-20(13-21)23-15-31-17(2)27-23/h3-13,15-16H,14H2,1-2H3,(H,26,29)(H,28,30)/t16-/m0/s1. The van der Waals surface area contributed by atoms with Gasteiger partial charge in [0.1, 0.15) is 6.04 Å². The molecule has 31 heavy (non-hydrogen) atoms. The molecule has 2 amide bonds. The van der Waals surface area contributed by atoms with Gasteiger partial charge in [-0.15, -0.1) is 11.3 Å². The molecule has 4 aromatic rings. The highest BCUT2D eigenvalue weighted by molar-refractivity contribution is 7.09. The molecule has 1 atom stereocenters. The third-order valence-corrected chi connectivity index (χ3v) is 5.82. The fraction of sp³-hybridized carbons (Fsp3) is 0.160. The number of rotatable bonds is 6. The first-order valence-electron chi connectivity index (χ1n) is 10.1. The number of fused-ring (bicyclic) bond motifs is 1. The summed E-state index contributed by atoms with van der Waals surface area (Å²) in [4.78, 5) is 29.7. The molecular formula is C25H23N3O2S. The van der Waals surface area contributed by atoms with Crippen molar-refractivity contribution >= 4 is 39.6 Å². The first kappa shape index (κ1) is 20.8. The number of thiazole rings is 1. The van der Waals surface area contributed by atoms with Gasteiger partial charge in [-0.1, -0.05) is 54.6 Å². The lowest BCUT2D eigenvalue weighted by Crippen LogP contribution is -2.42. The van der Waals surface area contributed by atoms with Gasteiger partial charge in [0.15, 0.2) is 0 Å². The molecule has 0 aliphatic carbocycles. The summed E-state index contributed by atoms with van der Waals surface area (Å²) in [5.41, 5.74) is 3.43. The number of aryl methyl sites for hydroxylation is 1. The molecule has 0 spiro atoms. The van der Waals surface area contributed by atoms with Crippen molar-refractivity contribution in [3.8, 4) is 11.3 Å². The maximum atomic E-state index is 12.6. The van der Waals surface area contributed by atoms with E-state index in [1.54, 1.807) is 18.3 Å². The molecule has 3 aromatic carbocycles. The molecule has 1 heterocycles. The van der Waals surface area contributed by atoms with E-state index in [4.69, 9.17) is 0 Å². The summed E-state index contributed by atoms with van der Waals surface area (Å²) >= 11 is 1.59. The summed E-state index contributed by atoms with van der Waals surface area (Å²) in [6, 6.07) is 20.8. The molecule has 4 rings (SSSR count). The van der Waals surface area contributed by atoms with E-state index < -0.39 is 6.04 Å². The summed E-state index contributed by atoms with van der Waals surface area (Å²) < 4.78 is 0. The van der Waals surface area contributed by atoms with Crippen LogP contribution >= 0.6 is 11.3 Å². The van der Waals surface area contributed by atoms with Crippen LogP contribution in [0.15, 0.2) is 72.1 Å². The van der Waals surface area contributed by atoms with E-state index in [-0.39, 0.29) is 18.2 Å². The molecule has 0 aliphatic rings. The van der Waals surface area contributed by atoms with Gasteiger partial charge in [0.25, 0.3) is 0 Å². The first-order valence-corrected chi connectivity index (χ1v) is 11.0. The Morgan fingerprint density at radius 1 is 1.03 bits per heavy atom. The van der Waals surface area contributed by atoms with E-state index in [0.29, 0.717) is 5.69 Å². The molecule has 0 bridgehead atoms. The minimum Gasteiger partial charge on any atom is -0.344 e. The zero-order valence-electron chi connectivity index (χ0n) is 17.4. The maximum absolute atomic E-state index is 12.6. The Hall–Kier alpha value is -3.51.